The monoisotopic (exact) mass is 695 g/mol. The molecule has 17 radical (unpaired) electrons. The highest BCUT2D eigenvalue weighted by molar-refractivity contribution is 7.88. The third kappa shape index (κ3) is 34.4. The Hall–Kier alpha value is 0.184. The Bertz CT molecular complexity index is 1060. The number of likely N-dealkylation sites (N-methyl/N-ethyl adjacent to an activating group) is 2. The first-order chi connectivity index (χ1) is 20.0. The van der Waals surface area contributed by atoms with Gasteiger partial charge in [0.05, 0.1) is 18.6 Å². The van der Waals surface area contributed by atoms with E-state index in [4.69, 9.17) is 72.4 Å². The number of amides is 1. The summed E-state index contributed by atoms with van der Waals surface area (Å²) in [5.74, 6) is 0. The minimum absolute atomic E-state index is 0. The van der Waals surface area contributed by atoms with E-state index in [1.807, 2.05) is 41.5 Å². The Kier molecular flexibility index (Phi) is 29.3. The second-order valence-electron chi connectivity index (χ2n) is 14.1. The van der Waals surface area contributed by atoms with Gasteiger partial charge >= 0.3 is 6.09 Å². The van der Waals surface area contributed by atoms with Crippen LogP contribution in [0.3, 0.4) is 0 Å². The van der Waals surface area contributed by atoms with Crippen molar-refractivity contribution in [1.29, 1.82) is 0 Å². The van der Waals surface area contributed by atoms with Crippen LogP contribution in [0.15, 0.2) is 0 Å². The van der Waals surface area contributed by atoms with Crippen molar-refractivity contribution in [3.05, 3.63) is 0 Å². The molecular weight excluding hydrogens is 644 g/mol. The van der Waals surface area contributed by atoms with E-state index in [1.54, 1.807) is 27.8 Å². The number of sulfonamides is 2. The molecule has 0 aromatic carbocycles. The summed E-state index contributed by atoms with van der Waals surface area (Å²) >= 11 is 0. The van der Waals surface area contributed by atoms with Gasteiger partial charge in [0, 0.05) is 128 Å². The van der Waals surface area contributed by atoms with Crippen LogP contribution in [0, 0.1) is 10.8 Å². The van der Waals surface area contributed by atoms with Gasteiger partial charge in [0.2, 0.25) is 20.0 Å². The number of halogens is 1. The Labute approximate surface area is 308 Å². The third-order valence-electron chi connectivity index (χ3n) is 5.99. The van der Waals surface area contributed by atoms with Crippen LogP contribution in [0.2, 0.25) is 0 Å². The van der Waals surface area contributed by atoms with Gasteiger partial charge in [0.25, 0.3) is 0 Å². The molecule has 2 atom stereocenters. The number of hydrogen-bond donors (Lipinski definition) is 2. The number of rotatable bonds is 10. The van der Waals surface area contributed by atoms with Gasteiger partial charge in [0.15, 0.2) is 0 Å². The number of ether oxygens (including phenoxy) is 1. The molecule has 0 saturated heterocycles. The largest absolute Gasteiger partial charge is 0.444 e. The molecule has 0 saturated carbocycles. The van der Waals surface area contributed by atoms with Crippen molar-refractivity contribution < 1.29 is 26.4 Å². The molecule has 0 aliphatic rings. The van der Waals surface area contributed by atoms with E-state index >= 15 is 0 Å². The van der Waals surface area contributed by atoms with Gasteiger partial charge in [-0.15, -0.1) is 12.4 Å². The molecule has 0 aromatic heterocycles. The van der Waals surface area contributed by atoms with Gasteiger partial charge in [-0.25, -0.2) is 30.2 Å². The predicted octanol–water partition coefficient (Wildman–Crippen LogP) is -2.46. The van der Waals surface area contributed by atoms with Crippen molar-refractivity contribution in [1.82, 2.24) is 13.9 Å². The lowest BCUT2D eigenvalue weighted by atomic mass is 8.76. The molecule has 247 valence electrons. The first-order valence-electron chi connectivity index (χ1n) is 14.4. The van der Waals surface area contributed by atoms with E-state index in [9.17, 15) is 21.6 Å². The summed E-state index contributed by atoms with van der Waals surface area (Å²) < 4.78 is 52.8. The highest BCUT2D eigenvalue weighted by Gasteiger charge is 2.31. The van der Waals surface area contributed by atoms with Crippen molar-refractivity contribution >= 4 is 133 Å². The maximum atomic E-state index is 11.8. The van der Waals surface area contributed by atoms with Crippen molar-refractivity contribution in [3.63, 3.8) is 0 Å². The van der Waals surface area contributed by atoms with Crippen LogP contribution in [0.25, 0.3) is 0 Å². The molecular formula is C21H49B13ClN4O6S2. The van der Waals surface area contributed by atoms with Gasteiger partial charge < -0.3 is 15.8 Å². The van der Waals surface area contributed by atoms with Gasteiger partial charge in [-0.1, -0.05) is 41.5 Å². The lowest BCUT2D eigenvalue weighted by molar-refractivity contribution is 0.0455. The summed E-state index contributed by atoms with van der Waals surface area (Å²) in [4.78, 5) is 11.8. The standard InChI is InChI=1S/C13H28N2O4S.C8H20N2O2S.B7.B6.ClH/c1-12(2,3)10(9-15(7)20(8,17)18)14-11(16)19-13(4,5)6;1-8(2,3)7(9)6-10(4)13(5,11)12;1-5-7(4)6(2)3;1-5(2)6(3)4;/h10H,9H2,1-8H3,(H,14,16);7H,6,9H2,1-5H3;;;1H/t10-;7-;;;/m11.../s1. The normalized spacial score (nSPS) is 12.9. The fourth-order valence-electron chi connectivity index (χ4n) is 2.19. The van der Waals surface area contributed by atoms with E-state index in [2.05, 4.69) is 5.32 Å². The number of nitrogens with two attached hydrogens (primary N) is 1. The first-order valence-corrected chi connectivity index (χ1v) is 18.1. The fraction of sp³-hybridized carbons (Fsp3) is 0.952. The summed E-state index contributed by atoms with van der Waals surface area (Å²) in [5, 5.41) is 2.75. The number of alkyl carbamates (subject to hydrolysis) is 1. The summed E-state index contributed by atoms with van der Waals surface area (Å²) in [6.45, 7) is 17.7. The van der Waals surface area contributed by atoms with Crippen LogP contribution in [-0.4, -0.2) is 183 Å². The number of carbonyl (C=O) groups excluding carboxylic acids is 1. The molecule has 0 unspecified atom stereocenters. The molecule has 0 aromatic rings. The zero-order valence-corrected chi connectivity index (χ0v) is 33.2. The van der Waals surface area contributed by atoms with Crippen LogP contribution in [0.4, 0.5) is 4.79 Å². The summed E-state index contributed by atoms with van der Waals surface area (Å²) in [6, 6.07) is -0.496. The maximum Gasteiger partial charge on any atom is 0.407 e. The average molecular weight is 694 g/mol. The molecule has 10 nitrogen and oxygen atoms in total. The molecule has 0 fully saturated rings. The minimum atomic E-state index is -3.29. The molecule has 0 aliphatic carbocycles. The smallest absolute Gasteiger partial charge is 0.407 e. The minimum Gasteiger partial charge on any atom is -0.444 e. The Morgan fingerprint density at radius 1 is 0.766 bits per heavy atom. The molecule has 0 bridgehead atoms. The van der Waals surface area contributed by atoms with Crippen molar-refractivity contribution in [2.24, 2.45) is 16.6 Å². The zero-order valence-electron chi connectivity index (χ0n) is 30.7. The molecule has 47 heavy (non-hydrogen) atoms. The van der Waals surface area contributed by atoms with Crippen LogP contribution < -0.4 is 11.1 Å². The highest BCUT2D eigenvalue weighted by atomic mass is 35.5. The maximum absolute atomic E-state index is 11.8. The Morgan fingerprint density at radius 3 is 1.30 bits per heavy atom. The van der Waals surface area contributed by atoms with Crippen molar-refractivity contribution in [2.45, 2.75) is 80.0 Å². The predicted molar refractivity (Wildman–Crippen MR) is 217 cm³/mol. The summed E-state index contributed by atoms with van der Waals surface area (Å²) in [5.41, 5.74) is 4.89. The third-order valence-corrected chi connectivity index (χ3v) is 8.55. The summed E-state index contributed by atoms with van der Waals surface area (Å²) in [7, 11) is 38.1. The van der Waals surface area contributed by atoms with Crippen LogP contribution in [-0.2, 0) is 24.8 Å². The molecule has 3 N–H and O–H groups in total. The molecule has 1 amide bonds. The fourth-order valence-corrected chi connectivity index (χ4v) is 3.04. The number of hydrogen-bond acceptors (Lipinski definition) is 7. The van der Waals surface area contributed by atoms with E-state index in [1.165, 1.54) is 29.0 Å². The number of nitrogens with one attached hydrogen (secondary N) is 1. The quantitative estimate of drug-likeness (QED) is 0.242. The topological polar surface area (TPSA) is 139 Å². The summed E-state index contributed by atoms with van der Waals surface area (Å²) in [6.07, 6.45) is -0.331. The highest BCUT2D eigenvalue weighted by Crippen LogP contribution is 2.21. The number of nitrogens with zero attached hydrogens (tertiary/aromatic N) is 2. The van der Waals surface area contributed by atoms with Gasteiger partial charge in [-0.2, -0.15) is 0 Å². The second-order valence-corrected chi connectivity index (χ2v) is 18.3. The lowest BCUT2D eigenvalue weighted by Gasteiger charge is -2.34. The Morgan fingerprint density at radius 2 is 1.11 bits per heavy atom. The molecule has 0 spiro atoms. The molecule has 0 heterocycles. The SMILES string of the molecule is CN(C[C@@H](N)C(C)(C)C)S(C)(=O)=O.CN(C[C@@H](NC(=O)OC(C)(C)C)C(C)(C)C)S(C)(=O)=O.Cl.[B]B([B])B([B])[B].[B][B]B([B])B([B])[B]. The van der Waals surface area contributed by atoms with Crippen molar-refractivity contribution in [3.8, 4) is 0 Å². The van der Waals surface area contributed by atoms with Crippen LogP contribution in [0.1, 0.15) is 62.3 Å². The van der Waals surface area contributed by atoms with Gasteiger partial charge in [0.1, 0.15) is 5.60 Å². The molecule has 0 aliphatic heterocycles. The van der Waals surface area contributed by atoms with E-state index < -0.39 is 50.9 Å². The van der Waals surface area contributed by atoms with Crippen molar-refractivity contribution in [2.75, 3.05) is 39.7 Å². The van der Waals surface area contributed by atoms with Gasteiger partial charge in [-0.3, -0.25) is 0 Å². The van der Waals surface area contributed by atoms with Gasteiger partial charge in [-0.05, 0) is 31.6 Å². The average Bonchev–Trinajstić information content (AvgIpc) is 2.80. The van der Waals surface area contributed by atoms with E-state index in [0.717, 1.165) is 6.26 Å². The molecule has 0 rings (SSSR count). The van der Waals surface area contributed by atoms with Crippen LogP contribution in [0.5, 0.6) is 0 Å². The number of carbonyl (C=O) groups is 1. The second kappa shape index (κ2) is 24.4. The van der Waals surface area contributed by atoms with Crippen LogP contribution >= 0.6 is 12.4 Å². The molecule has 26 heteroatoms. The zero-order chi connectivity index (χ0) is 38.2. The first kappa shape index (κ1) is 56.6. The lowest BCUT2D eigenvalue weighted by Crippen LogP contribution is -2.51. The van der Waals surface area contributed by atoms with E-state index in [0.29, 0.717) is 6.54 Å². The van der Waals surface area contributed by atoms with E-state index in [-0.39, 0.29) is 48.3 Å². The Balaban J connectivity index is -0.000000186.